The van der Waals surface area contributed by atoms with E-state index in [0.29, 0.717) is 59.9 Å². The quantitative estimate of drug-likeness (QED) is 0.0598. The van der Waals surface area contributed by atoms with Crippen molar-refractivity contribution >= 4 is 44.4 Å². The smallest absolute Gasteiger partial charge is 0.302 e. The van der Waals surface area contributed by atoms with Crippen molar-refractivity contribution in [2.45, 2.75) is 44.4 Å². The van der Waals surface area contributed by atoms with Crippen molar-refractivity contribution in [1.29, 1.82) is 0 Å². The van der Waals surface area contributed by atoms with Crippen LogP contribution in [0.2, 0.25) is 0 Å². The summed E-state index contributed by atoms with van der Waals surface area (Å²) in [5, 5.41) is 2.89. The minimum atomic E-state index is -3.93. The maximum Gasteiger partial charge on any atom is 0.302 e. The molecule has 1 amide bonds. The highest BCUT2D eigenvalue weighted by Gasteiger charge is 2.18. The van der Waals surface area contributed by atoms with Crippen LogP contribution in [-0.2, 0) is 23.8 Å². The number of ether oxygens (including phenoxy) is 3. The minimum absolute atomic E-state index is 0.0423. The van der Waals surface area contributed by atoms with E-state index in [0.717, 1.165) is 36.2 Å². The molecule has 2 aromatic heterocycles. The number of carbonyl (C=O) groups is 2. The van der Waals surface area contributed by atoms with Gasteiger partial charge in [-0.3, -0.25) is 23.7 Å². The molecule has 5 rings (SSSR count). The second-order valence-corrected chi connectivity index (χ2v) is 13.8. The number of benzene rings is 3. The molecule has 278 valence electrons. The Morgan fingerprint density at radius 1 is 0.792 bits per heavy atom. The zero-order chi connectivity index (χ0) is 37.8. The summed E-state index contributed by atoms with van der Waals surface area (Å²) in [4.78, 5) is 39.7. The number of fused-ring (bicyclic) bond motifs is 1. The molecule has 1 N–H and O–H groups in total. The van der Waals surface area contributed by atoms with Gasteiger partial charge in [-0.15, -0.1) is 0 Å². The lowest BCUT2D eigenvalue weighted by Crippen LogP contribution is -2.25. The second-order valence-electron chi connectivity index (χ2n) is 12.2. The number of rotatable bonds is 18. The fourth-order valence-electron chi connectivity index (χ4n) is 5.45. The molecule has 14 heteroatoms. The molecule has 0 saturated carbocycles. The lowest BCUT2D eigenvalue weighted by Gasteiger charge is -2.26. The fraction of sp³-hybridized carbons (Fsp3) is 0.308. The molecule has 0 aliphatic rings. The summed E-state index contributed by atoms with van der Waals surface area (Å²) in [5.74, 6) is 0.567. The number of unbranched alkanes of at least 4 members (excludes halogenated alkanes) is 2. The Hall–Kier alpha value is -5.60. The monoisotopic (exact) mass is 741 g/mol. The number of nitrogens with zero attached hydrogens (tertiary/aromatic N) is 4. The average molecular weight is 742 g/mol. The van der Waals surface area contributed by atoms with Crippen LogP contribution >= 0.6 is 0 Å². The van der Waals surface area contributed by atoms with Crippen molar-refractivity contribution in [2.24, 2.45) is 0 Å². The van der Waals surface area contributed by atoms with Crippen LogP contribution in [0.4, 0.5) is 11.4 Å². The number of amides is 1. The Labute approximate surface area is 309 Å². The van der Waals surface area contributed by atoms with Gasteiger partial charge in [0.15, 0.2) is 0 Å². The Morgan fingerprint density at radius 3 is 2.26 bits per heavy atom. The first-order valence-corrected chi connectivity index (χ1v) is 18.6. The van der Waals surface area contributed by atoms with Gasteiger partial charge in [-0.1, -0.05) is 17.7 Å². The first-order valence-electron chi connectivity index (χ1n) is 17.2. The average Bonchev–Trinajstić information content (AvgIpc) is 3.16. The van der Waals surface area contributed by atoms with Crippen molar-refractivity contribution < 1.29 is 36.4 Å². The third-order valence-corrected chi connectivity index (χ3v) is 9.59. The maximum atomic E-state index is 12.9. The van der Waals surface area contributed by atoms with E-state index >= 15 is 0 Å². The zero-order valence-corrected chi connectivity index (χ0v) is 31.0. The Morgan fingerprint density at radius 2 is 1.55 bits per heavy atom. The summed E-state index contributed by atoms with van der Waals surface area (Å²) in [5.41, 5.74) is 5.22. The van der Waals surface area contributed by atoms with Crippen molar-refractivity contribution in [2.75, 3.05) is 45.4 Å². The summed E-state index contributed by atoms with van der Waals surface area (Å²) >= 11 is 0. The largest absolute Gasteiger partial charge is 0.497 e. The molecule has 0 aliphatic carbocycles. The van der Waals surface area contributed by atoms with Gasteiger partial charge in [0.05, 0.1) is 55.3 Å². The number of carbonyl (C=O) groups excluding carboxylic acids is 2. The summed E-state index contributed by atoms with van der Waals surface area (Å²) in [6.07, 6.45) is 5.85. The van der Waals surface area contributed by atoms with E-state index in [1.165, 1.54) is 19.1 Å². The number of aryl methyl sites for hydroxylation is 1. The van der Waals surface area contributed by atoms with Crippen LogP contribution in [0.15, 0.2) is 90.1 Å². The summed E-state index contributed by atoms with van der Waals surface area (Å²) in [7, 11) is -0.778. The molecule has 0 radical (unpaired) electrons. The Balaban J connectivity index is 1.34. The van der Waals surface area contributed by atoms with Gasteiger partial charge < -0.3 is 24.4 Å². The number of nitrogens with one attached hydrogen (secondary N) is 1. The van der Waals surface area contributed by atoms with E-state index in [1.807, 2.05) is 42.2 Å². The normalized spacial score (nSPS) is 11.2. The molecule has 0 bridgehead atoms. The van der Waals surface area contributed by atoms with Crippen LogP contribution in [0.5, 0.6) is 11.5 Å². The Kier molecular flexibility index (Phi) is 13.3. The van der Waals surface area contributed by atoms with E-state index in [4.69, 9.17) is 23.4 Å². The van der Waals surface area contributed by atoms with E-state index in [1.54, 1.807) is 56.9 Å². The third kappa shape index (κ3) is 10.7. The maximum absolute atomic E-state index is 12.9. The van der Waals surface area contributed by atoms with E-state index in [9.17, 15) is 18.0 Å². The molecular weight excluding hydrogens is 699 g/mol. The minimum Gasteiger partial charge on any atom is -0.497 e. The highest BCUT2D eigenvalue weighted by molar-refractivity contribution is 7.86. The number of esters is 1. The highest BCUT2D eigenvalue weighted by Crippen LogP contribution is 2.34. The zero-order valence-electron chi connectivity index (χ0n) is 30.2. The van der Waals surface area contributed by atoms with Gasteiger partial charge in [0, 0.05) is 61.3 Å². The molecular formula is C39H43N5O8S. The molecule has 0 spiro atoms. The van der Waals surface area contributed by atoms with Crippen LogP contribution in [0, 0.1) is 6.92 Å². The molecule has 0 unspecified atom stereocenters. The van der Waals surface area contributed by atoms with Gasteiger partial charge in [0.1, 0.15) is 17.2 Å². The lowest BCUT2D eigenvalue weighted by atomic mass is 10.1. The van der Waals surface area contributed by atoms with Gasteiger partial charge in [0.2, 0.25) is 0 Å². The van der Waals surface area contributed by atoms with Gasteiger partial charge in [-0.05, 0) is 75.1 Å². The summed E-state index contributed by atoms with van der Waals surface area (Å²) in [6.45, 7) is 4.44. The fourth-order valence-corrected chi connectivity index (χ4v) is 6.40. The van der Waals surface area contributed by atoms with Crippen LogP contribution in [0.25, 0.3) is 22.3 Å². The lowest BCUT2D eigenvalue weighted by molar-refractivity contribution is -0.141. The number of methoxy groups -OCH3 is 2. The van der Waals surface area contributed by atoms with E-state index < -0.39 is 10.1 Å². The van der Waals surface area contributed by atoms with Gasteiger partial charge >= 0.3 is 5.97 Å². The predicted octanol–water partition coefficient (Wildman–Crippen LogP) is 6.41. The molecule has 2 heterocycles. The molecule has 0 atom stereocenters. The van der Waals surface area contributed by atoms with Crippen molar-refractivity contribution in [3.05, 3.63) is 96.4 Å². The summed E-state index contributed by atoms with van der Waals surface area (Å²) in [6, 6.07) is 21.2. The highest BCUT2D eigenvalue weighted by atomic mass is 32.2. The second kappa shape index (κ2) is 18.2. The number of pyridine rings is 1. The SMILES string of the molecule is COc1cc(OC)cc(N(CCCOS(=O)(=O)c2ccc(C)cc2)c2ccc3ncc(-c4ccnc(C(=O)NCCCCCOC(C)=O)c4)nc3c2)c1. The summed E-state index contributed by atoms with van der Waals surface area (Å²) < 4.78 is 47.1. The van der Waals surface area contributed by atoms with Gasteiger partial charge in [0.25, 0.3) is 16.0 Å². The van der Waals surface area contributed by atoms with Crippen molar-refractivity contribution in [3.63, 3.8) is 0 Å². The number of anilines is 2. The van der Waals surface area contributed by atoms with E-state index in [-0.39, 0.29) is 29.1 Å². The molecule has 0 fully saturated rings. The molecule has 5 aromatic rings. The van der Waals surface area contributed by atoms with Crippen molar-refractivity contribution in [3.8, 4) is 22.8 Å². The van der Waals surface area contributed by atoms with Crippen molar-refractivity contribution in [1.82, 2.24) is 20.3 Å². The number of hydrogen-bond acceptors (Lipinski definition) is 12. The topological polar surface area (TPSA) is 159 Å². The third-order valence-electron chi connectivity index (χ3n) is 8.26. The number of aromatic nitrogens is 3. The molecule has 0 saturated heterocycles. The standard InChI is InChI=1S/C39H43N5O8S/c1-27-9-12-34(13-10-27)53(47,48)52-20-8-18-44(31-22-32(49-3)25-33(23-31)50-4)30-11-14-35-36(24-30)43-38(26-42-35)29-15-17-40-37(21-29)39(46)41-16-6-5-7-19-51-28(2)45/h9-15,17,21-26H,5-8,16,18-20H2,1-4H3,(H,41,46). The predicted molar refractivity (Wildman–Crippen MR) is 201 cm³/mol. The molecule has 13 nitrogen and oxygen atoms in total. The first kappa shape index (κ1) is 38.6. The molecule has 0 aliphatic heterocycles. The first-order chi connectivity index (χ1) is 25.6. The van der Waals surface area contributed by atoms with Crippen LogP contribution in [-0.4, -0.2) is 75.8 Å². The molecule has 53 heavy (non-hydrogen) atoms. The van der Waals surface area contributed by atoms with Gasteiger partial charge in [-0.25, -0.2) is 4.98 Å². The molecule has 3 aromatic carbocycles. The van der Waals surface area contributed by atoms with Gasteiger partial charge in [-0.2, -0.15) is 8.42 Å². The Bertz CT molecular complexity index is 2120. The van der Waals surface area contributed by atoms with Crippen LogP contribution in [0.3, 0.4) is 0 Å². The van der Waals surface area contributed by atoms with Crippen LogP contribution in [0.1, 0.15) is 48.7 Å². The van der Waals surface area contributed by atoms with Crippen LogP contribution < -0.4 is 19.7 Å². The van der Waals surface area contributed by atoms with E-state index in [2.05, 4.69) is 15.3 Å². The number of hydrogen-bond donors (Lipinski definition) is 1.